The summed E-state index contributed by atoms with van der Waals surface area (Å²) in [6.07, 6.45) is 1.11. The first-order chi connectivity index (χ1) is 14.0. The fourth-order valence-corrected chi connectivity index (χ4v) is 2.71. The molecule has 3 aromatic rings. The number of hydrogen-bond donors (Lipinski definition) is 3. The van der Waals surface area contributed by atoms with Crippen molar-refractivity contribution in [2.24, 2.45) is 5.73 Å². The molecule has 2 aromatic carbocycles. The highest BCUT2D eigenvalue weighted by molar-refractivity contribution is 6.28. The van der Waals surface area contributed by atoms with Gasteiger partial charge in [0, 0.05) is 24.5 Å². The van der Waals surface area contributed by atoms with Crippen molar-refractivity contribution in [2.45, 2.75) is 6.42 Å². The Kier molecular flexibility index (Phi) is 6.59. The fourth-order valence-electron chi connectivity index (χ4n) is 2.57. The molecule has 1 aromatic heterocycles. The van der Waals surface area contributed by atoms with E-state index in [1.165, 1.54) is 12.3 Å². The maximum Gasteiger partial charge on any atom is 0.409 e. The Labute approximate surface area is 172 Å². The van der Waals surface area contributed by atoms with Gasteiger partial charge < -0.3 is 21.1 Å². The molecule has 0 aliphatic heterocycles. The molecule has 2 amide bonds. The van der Waals surface area contributed by atoms with Crippen molar-refractivity contribution < 1.29 is 14.3 Å². The summed E-state index contributed by atoms with van der Waals surface area (Å²) in [6.45, 7) is 0.451. The smallest absolute Gasteiger partial charge is 0.409 e. The summed E-state index contributed by atoms with van der Waals surface area (Å²) < 4.78 is 4.85. The van der Waals surface area contributed by atoms with Gasteiger partial charge in [-0.15, -0.1) is 0 Å². The van der Waals surface area contributed by atoms with Crippen LogP contribution in [0.25, 0.3) is 0 Å². The molecule has 0 spiro atoms. The number of nitrogens with zero attached hydrogens (tertiary/aromatic N) is 2. The molecule has 0 aliphatic carbocycles. The molecule has 0 bridgehead atoms. The van der Waals surface area contributed by atoms with Crippen LogP contribution in [0.3, 0.4) is 0 Å². The molecule has 0 unspecified atom stereocenters. The fraction of sp³-hybridized carbons (Fsp3) is 0.100. The molecule has 0 fully saturated rings. The number of rotatable bonds is 7. The van der Waals surface area contributed by atoms with E-state index in [0.717, 1.165) is 5.56 Å². The number of anilines is 2. The van der Waals surface area contributed by atoms with Crippen LogP contribution < -0.4 is 21.1 Å². The van der Waals surface area contributed by atoms with Crippen LogP contribution in [0.15, 0.2) is 60.8 Å². The third kappa shape index (κ3) is 5.91. The van der Waals surface area contributed by atoms with Gasteiger partial charge in [0.05, 0.1) is 0 Å². The molecule has 0 aliphatic rings. The highest BCUT2D eigenvalue weighted by Gasteiger charge is 2.15. The zero-order valence-electron chi connectivity index (χ0n) is 15.3. The van der Waals surface area contributed by atoms with E-state index < -0.39 is 6.09 Å². The number of benzene rings is 2. The second-order valence-electron chi connectivity index (χ2n) is 5.97. The van der Waals surface area contributed by atoms with Crippen LogP contribution in [0.5, 0.6) is 5.75 Å². The first-order valence-electron chi connectivity index (χ1n) is 8.70. The molecular weight excluding hydrogens is 394 g/mol. The van der Waals surface area contributed by atoms with E-state index in [4.69, 9.17) is 22.1 Å². The minimum atomic E-state index is -0.925. The number of aromatic nitrogens is 2. The Hall–Kier alpha value is -3.65. The summed E-state index contributed by atoms with van der Waals surface area (Å²) in [4.78, 5) is 31.5. The predicted octanol–water partition coefficient (Wildman–Crippen LogP) is 3.30. The maximum absolute atomic E-state index is 12.6. The van der Waals surface area contributed by atoms with E-state index in [2.05, 4.69) is 20.6 Å². The Bertz CT molecular complexity index is 1010. The van der Waals surface area contributed by atoms with E-state index in [1.807, 2.05) is 30.3 Å². The van der Waals surface area contributed by atoms with Crippen molar-refractivity contribution in [2.75, 3.05) is 11.9 Å². The molecule has 0 radical (unpaired) electrons. The summed E-state index contributed by atoms with van der Waals surface area (Å²) in [6, 6.07) is 16.3. The molecular formula is C20H18ClN5O3. The second-order valence-corrected chi connectivity index (χ2v) is 6.30. The van der Waals surface area contributed by atoms with Gasteiger partial charge in [0.1, 0.15) is 17.1 Å². The molecule has 29 heavy (non-hydrogen) atoms. The Morgan fingerprint density at radius 1 is 1.10 bits per heavy atom. The number of carbonyl (C=O) groups excluding carboxylic acids is 2. The van der Waals surface area contributed by atoms with Crippen molar-refractivity contribution in [1.29, 1.82) is 0 Å². The number of halogens is 1. The highest BCUT2D eigenvalue weighted by atomic mass is 35.5. The Morgan fingerprint density at radius 3 is 2.66 bits per heavy atom. The van der Waals surface area contributed by atoms with Crippen molar-refractivity contribution in [3.63, 3.8) is 0 Å². The van der Waals surface area contributed by atoms with Crippen LogP contribution in [0, 0.1) is 0 Å². The van der Waals surface area contributed by atoms with Gasteiger partial charge in [-0.3, -0.25) is 4.79 Å². The monoisotopic (exact) mass is 411 g/mol. The number of hydrogen-bond acceptors (Lipinski definition) is 6. The van der Waals surface area contributed by atoms with Crippen LogP contribution in [0.2, 0.25) is 5.28 Å². The van der Waals surface area contributed by atoms with E-state index >= 15 is 0 Å². The van der Waals surface area contributed by atoms with Gasteiger partial charge in [-0.25, -0.2) is 9.78 Å². The second kappa shape index (κ2) is 9.52. The molecule has 0 saturated carbocycles. The predicted molar refractivity (Wildman–Crippen MR) is 109 cm³/mol. The van der Waals surface area contributed by atoms with Crippen LogP contribution in [-0.4, -0.2) is 28.5 Å². The van der Waals surface area contributed by atoms with E-state index in [9.17, 15) is 9.59 Å². The molecule has 148 valence electrons. The summed E-state index contributed by atoms with van der Waals surface area (Å²) in [5.41, 5.74) is 6.89. The molecule has 9 heteroatoms. The van der Waals surface area contributed by atoms with Crippen LogP contribution >= 0.6 is 11.6 Å². The third-order valence-electron chi connectivity index (χ3n) is 3.86. The Balaban J connectivity index is 1.72. The van der Waals surface area contributed by atoms with Gasteiger partial charge in [-0.05, 0) is 35.7 Å². The third-order valence-corrected chi connectivity index (χ3v) is 4.04. The maximum atomic E-state index is 12.6. The molecule has 4 N–H and O–H groups in total. The molecule has 8 nitrogen and oxygen atoms in total. The molecule has 0 atom stereocenters. The zero-order valence-corrected chi connectivity index (χ0v) is 16.0. The average Bonchev–Trinajstić information content (AvgIpc) is 2.68. The van der Waals surface area contributed by atoms with Gasteiger partial charge in [0.25, 0.3) is 5.91 Å². The lowest BCUT2D eigenvalue weighted by Gasteiger charge is -2.12. The van der Waals surface area contributed by atoms with Crippen molar-refractivity contribution in [1.82, 2.24) is 15.3 Å². The zero-order chi connectivity index (χ0) is 20.6. The first kappa shape index (κ1) is 20.1. The number of nitrogens with one attached hydrogen (secondary N) is 2. The van der Waals surface area contributed by atoms with Gasteiger partial charge in [0.2, 0.25) is 5.28 Å². The minimum absolute atomic E-state index is 0.0159. The summed E-state index contributed by atoms with van der Waals surface area (Å²) in [5.74, 6) is 0.125. The van der Waals surface area contributed by atoms with Gasteiger partial charge in [-0.2, -0.15) is 4.98 Å². The Morgan fingerprint density at radius 2 is 1.90 bits per heavy atom. The van der Waals surface area contributed by atoms with Crippen LogP contribution in [0.1, 0.15) is 15.9 Å². The summed E-state index contributed by atoms with van der Waals surface area (Å²) in [7, 11) is 0. The average molecular weight is 412 g/mol. The first-order valence-corrected chi connectivity index (χ1v) is 9.08. The standard InChI is InChI=1S/C20H18ClN5O3/c21-19-24-12-16(18(27)23-10-9-13-5-2-1-3-6-13)17(26-19)25-14-7-4-8-15(11-14)29-20(22)28/h1-8,11-12H,9-10H2,(H2,22,28)(H,23,27)(H,24,25,26). The van der Waals surface area contributed by atoms with E-state index in [-0.39, 0.29) is 28.3 Å². The lowest BCUT2D eigenvalue weighted by atomic mass is 10.1. The van der Waals surface area contributed by atoms with Gasteiger partial charge in [0.15, 0.2) is 0 Å². The lowest BCUT2D eigenvalue weighted by Crippen LogP contribution is -2.27. The van der Waals surface area contributed by atoms with Crippen LogP contribution in [-0.2, 0) is 6.42 Å². The molecule has 3 rings (SSSR count). The van der Waals surface area contributed by atoms with Crippen molar-refractivity contribution in [3.8, 4) is 5.75 Å². The molecule has 1 heterocycles. The van der Waals surface area contributed by atoms with E-state index in [1.54, 1.807) is 18.2 Å². The quantitative estimate of drug-likeness (QED) is 0.513. The minimum Gasteiger partial charge on any atom is -0.410 e. The van der Waals surface area contributed by atoms with Gasteiger partial charge in [-0.1, -0.05) is 36.4 Å². The largest absolute Gasteiger partial charge is 0.410 e. The number of carbonyl (C=O) groups is 2. The summed E-state index contributed by atoms with van der Waals surface area (Å²) >= 11 is 5.89. The summed E-state index contributed by atoms with van der Waals surface area (Å²) in [5, 5.41) is 5.81. The topological polar surface area (TPSA) is 119 Å². The van der Waals surface area contributed by atoms with Crippen molar-refractivity contribution >= 4 is 35.1 Å². The SMILES string of the molecule is NC(=O)Oc1cccc(Nc2nc(Cl)ncc2C(=O)NCCc2ccccc2)c1. The van der Waals surface area contributed by atoms with Crippen molar-refractivity contribution in [3.05, 3.63) is 77.2 Å². The highest BCUT2D eigenvalue weighted by Crippen LogP contribution is 2.23. The number of primary amides is 1. The molecule has 0 saturated heterocycles. The normalized spacial score (nSPS) is 10.2. The van der Waals surface area contributed by atoms with E-state index in [0.29, 0.717) is 18.7 Å². The number of amides is 2. The van der Waals surface area contributed by atoms with Crippen LogP contribution in [0.4, 0.5) is 16.3 Å². The number of ether oxygens (including phenoxy) is 1. The van der Waals surface area contributed by atoms with Gasteiger partial charge >= 0.3 is 6.09 Å². The number of nitrogens with two attached hydrogens (primary N) is 1. The lowest BCUT2D eigenvalue weighted by molar-refractivity contribution is 0.0954.